The maximum atomic E-state index is 11.9. The van der Waals surface area contributed by atoms with Crippen LogP contribution in [0, 0.1) is 0 Å². The van der Waals surface area contributed by atoms with Crippen molar-refractivity contribution in [2.24, 2.45) is 0 Å². The Morgan fingerprint density at radius 3 is 2.65 bits per heavy atom. The summed E-state index contributed by atoms with van der Waals surface area (Å²) in [5.41, 5.74) is 1.43. The number of rotatable bonds is 9. The molecule has 1 rings (SSSR count). The topological polar surface area (TPSA) is 57.3 Å². The van der Waals surface area contributed by atoms with Crippen molar-refractivity contribution in [3.63, 3.8) is 0 Å². The Hall–Kier alpha value is -1.62. The third-order valence-corrected chi connectivity index (χ3v) is 2.89. The molecule has 0 atom stereocenters. The molecule has 1 amide bonds. The predicted octanol–water partition coefficient (Wildman–Crippen LogP) is 1.98. The summed E-state index contributed by atoms with van der Waals surface area (Å²) in [7, 11) is 4.10. The number of aromatic nitrogens is 1. The Kier molecular flexibility index (Phi) is 7.65. The van der Waals surface area contributed by atoms with Gasteiger partial charge in [0.2, 0.25) is 0 Å². The van der Waals surface area contributed by atoms with E-state index in [1.165, 1.54) is 0 Å². The lowest BCUT2D eigenvalue weighted by Gasteiger charge is -2.09. The van der Waals surface area contributed by atoms with Crippen LogP contribution in [0.4, 0.5) is 5.69 Å². The molecule has 20 heavy (non-hydrogen) atoms. The van der Waals surface area contributed by atoms with Crippen molar-refractivity contribution in [3.8, 4) is 0 Å². The van der Waals surface area contributed by atoms with Crippen molar-refractivity contribution in [2.45, 2.75) is 26.2 Å². The van der Waals surface area contributed by atoms with Gasteiger partial charge in [0.15, 0.2) is 0 Å². The molecule has 0 unspecified atom stereocenters. The highest BCUT2D eigenvalue weighted by molar-refractivity contribution is 5.92. The second-order valence-corrected chi connectivity index (χ2v) is 5.13. The number of nitrogens with one attached hydrogen (secondary N) is 2. The number of unbranched alkanes of at least 4 members (excludes halogenated alkanes) is 1. The SMILES string of the molecule is CCCNc1ccc(C(=O)NCCCCN(C)C)nc1. The molecule has 1 aromatic heterocycles. The Balaban J connectivity index is 2.29. The standard InChI is InChI=1S/C15H26N4O/c1-4-9-16-13-7-8-14(18-12-13)15(20)17-10-5-6-11-19(2)3/h7-8,12,16H,4-6,9-11H2,1-3H3,(H,17,20). The molecule has 1 aromatic rings. The van der Waals surface area contributed by atoms with E-state index in [0.29, 0.717) is 12.2 Å². The molecule has 2 N–H and O–H groups in total. The van der Waals surface area contributed by atoms with Gasteiger partial charge in [-0.3, -0.25) is 4.79 Å². The van der Waals surface area contributed by atoms with Crippen molar-refractivity contribution in [1.29, 1.82) is 0 Å². The lowest BCUT2D eigenvalue weighted by atomic mass is 10.2. The van der Waals surface area contributed by atoms with Gasteiger partial charge in [0.25, 0.3) is 5.91 Å². The normalized spacial score (nSPS) is 10.6. The first-order valence-corrected chi connectivity index (χ1v) is 7.26. The Bertz CT molecular complexity index is 389. The molecular formula is C15H26N4O. The number of anilines is 1. The van der Waals surface area contributed by atoms with Crippen LogP contribution in [0.1, 0.15) is 36.7 Å². The molecule has 1 heterocycles. The van der Waals surface area contributed by atoms with E-state index >= 15 is 0 Å². The molecule has 0 saturated heterocycles. The number of amides is 1. The molecule has 0 saturated carbocycles. The van der Waals surface area contributed by atoms with Gasteiger partial charge >= 0.3 is 0 Å². The van der Waals surface area contributed by atoms with E-state index in [0.717, 1.165) is 38.0 Å². The smallest absolute Gasteiger partial charge is 0.269 e. The van der Waals surface area contributed by atoms with Gasteiger partial charge in [-0.2, -0.15) is 0 Å². The Labute approximate surface area is 121 Å². The fourth-order valence-electron chi connectivity index (χ4n) is 1.75. The van der Waals surface area contributed by atoms with Gasteiger partial charge in [0.1, 0.15) is 5.69 Å². The monoisotopic (exact) mass is 278 g/mol. The summed E-state index contributed by atoms with van der Waals surface area (Å²) in [4.78, 5) is 18.2. The average molecular weight is 278 g/mol. The third-order valence-electron chi connectivity index (χ3n) is 2.89. The summed E-state index contributed by atoms with van der Waals surface area (Å²) < 4.78 is 0. The average Bonchev–Trinajstić information content (AvgIpc) is 2.44. The lowest BCUT2D eigenvalue weighted by molar-refractivity contribution is 0.0948. The van der Waals surface area contributed by atoms with E-state index in [4.69, 9.17) is 0 Å². The molecular weight excluding hydrogens is 252 g/mol. The summed E-state index contributed by atoms with van der Waals surface area (Å²) >= 11 is 0. The minimum Gasteiger partial charge on any atom is -0.384 e. The molecule has 112 valence electrons. The molecule has 5 heteroatoms. The largest absolute Gasteiger partial charge is 0.384 e. The van der Waals surface area contributed by atoms with Crippen LogP contribution < -0.4 is 10.6 Å². The summed E-state index contributed by atoms with van der Waals surface area (Å²) in [6.07, 6.45) is 4.84. The van der Waals surface area contributed by atoms with Crippen molar-refractivity contribution in [2.75, 3.05) is 39.0 Å². The zero-order valence-corrected chi connectivity index (χ0v) is 12.8. The van der Waals surface area contributed by atoms with Crippen molar-refractivity contribution in [1.82, 2.24) is 15.2 Å². The molecule has 0 aliphatic carbocycles. The molecule has 0 aromatic carbocycles. The second kappa shape index (κ2) is 9.31. The molecule has 5 nitrogen and oxygen atoms in total. The molecule has 0 aliphatic heterocycles. The summed E-state index contributed by atoms with van der Waals surface area (Å²) in [5, 5.41) is 6.13. The first-order valence-electron chi connectivity index (χ1n) is 7.26. The Morgan fingerprint density at radius 1 is 1.25 bits per heavy atom. The Morgan fingerprint density at radius 2 is 2.05 bits per heavy atom. The zero-order valence-electron chi connectivity index (χ0n) is 12.8. The molecule has 0 radical (unpaired) electrons. The predicted molar refractivity (Wildman–Crippen MR) is 83.1 cm³/mol. The molecule has 0 bridgehead atoms. The van der Waals surface area contributed by atoms with E-state index in [1.807, 2.05) is 6.07 Å². The first-order chi connectivity index (χ1) is 9.63. The molecule has 0 fully saturated rings. The number of carbonyl (C=O) groups excluding carboxylic acids is 1. The van der Waals surface area contributed by atoms with Crippen molar-refractivity contribution >= 4 is 11.6 Å². The van der Waals surface area contributed by atoms with Crippen molar-refractivity contribution in [3.05, 3.63) is 24.0 Å². The van der Waals surface area contributed by atoms with E-state index in [1.54, 1.807) is 12.3 Å². The van der Waals surface area contributed by atoms with Gasteiger partial charge in [-0.15, -0.1) is 0 Å². The van der Waals surface area contributed by atoms with Crippen molar-refractivity contribution < 1.29 is 4.79 Å². The number of nitrogens with zero attached hydrogens (tertiary/aromatic N) is 2. The number of hydrogen-bond acceptors (Lipinski definition) is 4. The number of carbonyl (C=O) groups is 1. The summed E-state index contributed by atoms with van der Waals surface area (Å²) in [6, 6.07) is 3.65. The van der Waals surface area contributed by atoms with Crippen LogP contribution >= 0.6 is 0 Å². The van der Waals surface area contributed by atoms with E-state index in [9.17, 15) is 4.79 Å². The maximum absolute atomic E-state index is 11.9. The lowest BCUT2D eigenvalue weighted by Crippen LogP contribution is -2.26. The van der Waals surface area contributed by atoms with Gasteiger partial charge in [-0.05, 0) is 52.0 Å². The third kappa shape index (κ3) is 6.52. The van der Waals surface area contributed by atoms with E-state index in [-0.39, 0.29) is 5.91 Å². The van der Waals surface area contributed by atoms with Gasteiger partial charge in [-0.25, -0.2) is 4.98 Å². The van der Waals surface area contributed by atoms with Crippen LogP contribution in [0.3, 0.4) is 0 Å². The minimum atomic E-state index is -0.100. The minimum absolute atomic E-state index is 0.100. The maximum Gasteiger partial charge on any atom is 0.269 e. The fraction of sp³-hybridized carbons (Fsp3) is 0.600. The van der Waals surface area contributed by atoms with Gasteiger partial charge < -0.3 is 15.5 Å². The van der Waals surface area contributed by atoms with Crippen LogP contribution in [-0.4, -0.2) is 49.5 Å². The molecule has 0 spiro atoms. The summed E-state index contributed by atoms with van der Waals surface area (Å²) in [6.45, 7) is 4.77. The highest BCUT2D eigenvalue weighted by atomic mass is 16.1. The summed E-state index contributed by atoms with van der Waals surface area (Å²) in [5.74, 6) is -0.100. The van der Waals surface area contributed by atoms with Gasteiger partial charge in [0, 0.05) is 13.1 Å². The highest BCUT2D eigenvalue weighted by Gasteiger charge is 2.06. The van der Waals surface area contributed by atoms with Gasteiger partial charge in [0.05, 0.1) is 11.9 Å². The van der Waals surface area contributed by atoms with Crippen LogP contribution in [0.25, 0.3) is 0 Å². The van der Waals surface area contributed by atoms with Crippen LogP contribution in [-0.2, 0) is 0 Å². The van der Waals surface area contributed by atoms with E-state index in [2.05, 4.69) is 41.5 Å². The highest BCUT2D eigenvalue weighted by Crippen LogP contribution is 2.06. The van der Waals surface area contributed by atoms with Gasteiger partial charge in [-0.1, -0.05) is 6.92 Å². The van der Waals surface area contributed by atoms with Crippen LogP contribution in [0.2, 0.25) is 0 Å². The quantitative estimate of drug-likeness (QED) is 0.678. The second-order valence-electron chi connectivity index (χ2n) is 5.13. The van der Waals surface area contributed by atoms with Crippen LogP contribution in [0.5, 0.6) is 0 Å². The zero-order chi connectivity index (χ0) is 14.8. The first kappa shape index (κ1) is 16.4. The number of hydrogen-bond donors (Lipinski definition) is 2. The fourth-order valence-corrected chi connectivity index (χ4v) is 1.75. The van der Waals surface area contributed by atoms with Crippen LogP contribution in [0.15, 0.2) is 18.3 Å². The molecule has 0 aliphatic rings. The van der Waals surface area contributed by atoms with E-state index < -0.39 is 0 Å². The number of pyridine rings is 1.